The summed E-state index contributed by atoms with van der Waals surface area (Å²) in [5, 5.41) is 3.28. The number of hydrogen-bond acceptors (Lipinski definition) is 1. The lowest BCUT2D eigenvalue weighted by Gasteiger charge is -2.31. The predicted octanol–water partition coefficient (Wildman–Crippen LogP) is 1.25. The maximum absolute atomic E-state index is 3.28. The number of rotatable bonds is 2. The number of nitrogens with one attached hydrogen (secondary N) is 1. The van der Waals surface area contributed by atoms with Gasteiger partial charge in [0.2, 0.25) is 0 Å². The second-order valence-corrected chi connectivity index (χ2v) is 2.80. The molecule has 1 heterocycles. The zero-order chi connectivity index (χ0) is 5.98. The lowest BCUT2D eigenvalue weighted by molar-refractivity contribution is 0.244. The molecule has 1 saturated heterocycles. The minimum atomic E-state index is 0.941. The van der Waals surface area contributed by atoms with E-state index in [1.165, 1.54) is 19.5 Å². The van der Waals surface area contributed by atoms with E-state index in [0.717, 1.165) is 11.8 Å². The van der Waals surface area contributed by atoms with Crippen LogP contribution in [0.5, 0.6) is 0 Å². The van der Waals surface area contributed by atoms with Crippen LogP contribution in [0.2, 0.25) is 0 Å². The van der Waals surface area contributed by atoms with E-state index in [4.69, 9.17) is 0 Å². The lowest BCUT2D eigenvalue weighted by Crippen LogP contribution is -2.45. The van der Waals surface area contributed by atoms with E-state index in [-0.39, 0.29) is 0 Å². The SMILES string of the molecule is CCC(C)C1CNC1. The van der Waals surface area contributed by atoms with Crippen molar-refractivity contribution in [2.24, 2.45) is 11.8 Å². The van der Waals surface area contributed by atoms with Crippen molar-refractivity contribution in [3.05, 3.63) is 0 Å². The van der Waals surface area contributed by atoms with E-state index < -0.39 is 0 Å². The Morgan fingerprint density at radius 3 is 2.38 bits per heavy atom. The molecule has 1 atom stereocenters. The van der Waals surface area contributed by atoms with Gasteiger partial charge < -0.3 is 5.32 Å². The lowest BCUT2D eigenvalue weighted by atomic mass is 9.87. The van der Waals surface area contributed by atoms with E-state index in [1.807, 2.05) is 0 Å². The van der Waals surface area contributed by atoms with E-state index in [9.17, 15) is 0 Å². The van der Waals surface area contributed by atoms with Crippen LogP contribution in [0, 0.1) is 11.8 Å². The van der Waals surface area contributed by atoms with Crippen LogP contribution in [0.25, 0.3) is 0 Å². The van der Waals surface area contributed by atoms with Crippen molar-refractivity contribution in [1.82, 2.24) is 5.32 Å². The molecular weight excluding hydrogens is 98.1 g/mol. The topological polar surface area (TPSA) is 12.0 Å². The first-order valence-electron chi connectivity index (χ1n) is 3.55. The maximum atomic E-state index is 3.28. The maximum Gasteiger partial charge on any atom is -0.000570 e. The second kappa shape index (κ2) is 2.49. The zero-order valence-electron chi connectivity index (χ0n) is 5.78. The largest absolute Gasteiger partial charge is 0.316 e. The molecule has 1 aliphatic rings. The van der Waals surface area contributed by atoms with Crippen LogP contribution in [0.3, 0.4) is 0 Å². The summed E-state index contributed by atoms with van der Waals surface area (Å²) in [6.45, 7) is 7.12. The second-order valence-electron chi connectivity index (χ2n) is 2.80. The van der Waals surface area contributed by atoms with Gasteiger partial charge in [0.25, 0.3) is 0 Å². The van der Waals surface area contributed by atoms with Crippen LogP contribution in [0.4, 0.5) is 0 Å². The average molecular weight is 113 g/mol. The molecule has 1 unspecified atom stereocenters. The third-order valence-corrected chi connectivity index (χ3v) is 2.26. The number of hydrogen-bond donors (Lipinski definition) is 1. The summed E-state index contributed by atoms with van der Waals surface area (Å²) >= 11 is 0. The molecule has 8 heavy (non-hydrogen) atoms. The minimum absolute atomic E-state index is 0.941. The van der Waals surface area contributed by atoms with Crippen LogP contribution in [0.15, 0.2) is 0 Å². The Morgan fingerprint density at radius 1 is 1.62 bits per heavy atom. The molecule has 0 spiro atoms. The molecule has 0 aromatic heterocycles. The highest BCUT2D eigenvalue weighted by atomic mass is 14.9. The van der Waals surface area contributed by atoms with Crippen LogP contribution in [0.1, 0.15) is 20.3 Å². The zero-order valence-corrected chi connectivity index (χ0v) is 5.78. The summed E-state index contributed by atoms with van der Waals surface area (Å²) < 4.78 is 0. The minimum Gasteiger partial charge on any atom is -0.316 e. The molecule has 0 aromatic rings. The third kappa shape index (κ3) is 1.03. The van der Waals surface area contributed by atoms with Gasteiger partial charge in [-0.3, -0.25) is 0 Å². The highest BCUT2D eigenvalue weighted by Crippen LogP contribution is 2.17. The van der Waals surface area contributed by atoms with Gasteiger partial charge in [-0.15, -0.1) is 0 Å². The quantitative estimate of drug-likeness (QED) is 0.568. The fourth-order valence-electron chi connectivity index (χ4n) is 1.05. The van der Waals surface area contributed by atoms with E-state index >= 15 is 0 Å². The molecule has 1 rings (SSSR count). The summed E-state index contributed by atoms with van der Waals surface area (Å²) in [4.78, 5) is 0. The highest BCUT2D eigenvalue weighted by molar-refractivity contribution is 4.78. The van der Waals surface area contributed by atoms with Gasteiger partial charge in [-0.05, 0) is 24.9 Å². The average Bonchev–Trinajstić information content (AvgIpc) is 1.62. The third-order valence-electron chi connectivity index (χ3n) is 2.26. The summed E-state index contributed by atoms with van der Waals surface area (Å²) in [7, 11) is 0. The van der Waals surface area contributed by atoms with Crippen LogP contribution in [-0.2, 0) is 0 Å². The van der Waals surface area contributed by atoms with Gasteiger partial charge in [-0.2, -0.15) is 0 Å². The summed E-state index contributed by atoms with van der Waals surface area (Å²) in [5.41, 5.74) is 0. The Morgan fingerprint density at radius 2 is 2.25 bits per heavy atom. The molecule has 1 fully saturated rings. The Kier molecular flexibility index (Phi) is 1.90. The molecule has 0 amide bonds. The van der Waals surface area contributed by atoms with Gasteiger partial charge in [0.1, 0.15) is 0 Å². The normalized spacial score (nSPS) is 24.8. The monoisotopic (exact) mass is 113 g/mol. The van der Waals surface area contributed by atoms with Gasteiger partial charge in [0, 0.05) is 0 Å². The summed E-state index contributed by atoms with van der Waals surface area (Å²) in [6, 6.07) is 0. The standard InChI is InChI=1S/C7H15N/c1-3-6(2)7-4-8-5-7/h6-8H,3-5H2,1-2H3. The first-order chi connectivity index (χ1) is 3.84. The fraction of sp³-hybridized carbons (Fsp3) is 1.00. The molecular formula is C7H15N. The van der Waals surface area contributed by atoms with E-state index in [2.05, 4.69) is 19.2 Å². The highest BCUT2D eigenvalue weighted by Gasteiger charge is 2.21. The molecule has 1 heteroatoms. The summed E-state index contributed by atoms with van der Waals surface area (Å²) in [5.74, 6) is 1.93. The smallest absolute Gasteiger partial charge is 0.000570 e. The van der Waals surface area contributed by atoms with Gasteiger partial charge in [0.05, 0.1) is 0 Å². The molecule has 0 radical (unpaired) electrons. The van der Waals surface area contributed by atoms with Crippen molar-refractivity contribution in [3.8, 4) is 0 Å². The van der Waals surface area contributed by atoms with Gasteiger partial charge in [-0.1, -0.05) is 20.3 Å². The molecule has 1 N–H and O–H groups in total. The fourth-order valence-corrected chi connectivity index (χ4v) is 1.05. The molecule has 0 saturated carbocycles. The molecule has 0 aromatic carbocycles. The molecule has 1 nitrogen and oxygen atoms in total. The van der Waals surface area contributed by atoms with E-state index in [0.29, 0.717) is 0 Å². The first kappa shape index (κ1) is 6.09. The van der Waals surface area contributed by atoms with Crippen molar-refractivity contribution in [2.45, 2.75) is 20.3 Å². The molecule has 48 valence electrons. The first-order valence-corrected chi connectivity index (χ1v) is 3.55. The Bertz CT molecular complexity index is 64.0. The van der Waals surface area contributed by atoms with Crippen LogP contribution >= 0.6 is 0 Å². The van der Waals surface area contributed by atoms with Crippen molar-refractivity contribution >= 4 is 0 Å². The van der Waals surface area contributed by atoms with Gasteiger partial charge >= 0.3 is 0 Å². The molecule has 0 bridgehead atoms. The van der Waals surface area contributed by atoms with Crippen molar-refractivity contribution in [1.29, 1.82) is 0 Å². The van der Waals surface area contributed by atoms with Crippen molar-refractivity contribution in [2.75, 3.05) is 13.1 Å². The Hall–Kier alpha value is -0.0400. The Labute approximate surface area is 51.5 Å². The van der Waals surface area contributed by atoms with Crippen molar-refractivity contribution in [3.63, 3.8) is 0 Å². The predicted molar refractivity (Wildman–Crippen MR) is 35.8 cm³/mol. The van der Waals surface area contributed by atoms with Gasteiger partial charge in [-0.25, -0.2) is 0 Å². The van der Waals surface area contributed by atoms with Crippen molar-refractivity contribution < 1.29 is 0 Å². The Balaban J connectivity index is 2.13. The van der Waals surface area contributed by atoms with E-state index in [1.54, 1.807) is 0 Å². The molecule has 0 aliphatic carbocycles. The summed E-state index contributed by atoms with van der Waals surface area (Å²) in [6.07, 6.45) is 1.34. The van der Waals surface area contributed by atoms with Gasteiger partial charge in [0.15, 0.2) is 0 Å². The molecule has 1 aliphatic heterocycles. The van der Waals surface area contributed by atoms with Crippen LogP contribution < -0.4 is 5.32 Å². The van der Waals surface area contributed by atoms with Crippen LogP contribution in [-0.4, -0.2) is 13.1 Å².